The van der Waals surface area contributed by atoms with Crippen LogP contribution in [-0.4, -0.2) is 43.2 Å². The van der Waals surface area contributed by atoms with Crippen LogP contribution in [0, 0.1) is 18.3 Å². The van der Waals surface area contributed by atoms with E-state index < -0.39 is 16.1 Å². The second kappa shape index (κ2) is 10.9. The zero-order valence-corrected chi connectivity index (χ0v) is 22.7. The number of carbonyl (C=O) groups excluding carboxylic acids is 1. The normalized spacial score (nSPS) is 15.6. The van der Waals surface area contributed by atoms with Crippen LogP contribution in [0.15, 0.2) is 89.8 Å². The highest BCUT2D eigenvalue weighted by Crippen LogP contribution is 2.30. The molecule has 198 valence electrons. The summed E-state index contributed by atoms with van der Waals surface area (Å²) in [5, 5.41) is 10.9. The van der Waals surface area contributed by atoms with Gasteiger partial charge in [0, 0.05) is 19.6 Å². The minimum Gasteiger partial charge on any atom is -0.497 e. The van der Waals surface area contributed by atoms with E-state index in [2.05, 4.69) is 6.07 Å². The van der Waals surface area contributed by atoms with Crippen molar-refractivity contribution in [2.24, 2.45) is 0 Å². The Morgan fingerprint density at radius 1 is 0.974 bits per heavy atom. The van der Waals surface area contributed by atoms with Crippen molar-refractivity contribution in [2.75, 3.05) is 13.7 Å². The molecular weight excluding hydrogens is 510 g/mol. The Kier molecular flexibility index (Phi) is 7.38. The van der Waals surface area contributed by atoms with E-state index in [-0.39, 0.29) is 17.3 Å². The monoisotopic (exact) mass is 539 g/mol. The van der Waals surface area contributed by atoms with Crippen LogP contribution >= 0.6 is 0 Å². The lowest BCUT2D eigenvalue weighted by molar-refractivity contribution is -0.131. The number of nitriles is 1. The number of likely N-dealkylation sites (tertiary alicyclic amines) is 1. The van der Waals surface area contributed by atoms with Crippen molar-refractivity contribution in [2.45, 2.75) is 37.4 Å². The number of benzene rings is 4. The van der Waals surface area contributed by atoms with Gasteiger partial charge in [0.15, 0.2) is 0 Å². The molecule has 1 aliphatic rings. The molecule has 0 N–H and O–H groups in total. The number of nitrogens with zero attached hydrogens (tertiary/aromatic N) is 3. The molecule has 1 amide bonds. The van der Waals surface area contributed by atoms with Crippen molar-refractivity contribution in [3.8, 4) is 11.8 Å². The number of rotatable bonds is 8. The molecular formula is C31H29N3O4S. The van der Waals surface area contributed by atoms with Gasteiger partial charge in [0.25, 0.3) is 0 Å². The van der Waals surface area contributed by atoms with Gasteiger partial charge >= 0.3 is 0 Å². The van der Waals surface area contributed by atoms with Crippen LogP contribution in [0.2, 0.25) is 0 Å². The smallest absolute Gasteiger partial charge is 0.244 e. The molecule has 1 heterocycles. The molecule has 0 aromatic heterocycles. The number of hydrogen-bond donors (Lipinski definition) is 0. The van der Waals surface area contributed by atoms with E-state index in [1.807, 2.05) is 49.4 Å². The Labute approximate surface area is 228 Å². The van der Waals surface area contributed by atoms with Crippen LogP contribution in [0.25, 0.3) is 10.8 Å². The first kappa shape index (κ1) is 26.4. The Bertz CT molecular complexity index is 1690. The van der Waals surface area contributed by atoms with Gasteiger partial charge < -0.3 is 9.64 Å². The molecule has 39 heavy (non-hydrogen) atoms. The fraction of sp³-hybridized carbons (Fsp3) is 0.226. The lowest BCUT2D eigenvalue weighted by Crippen LogP contribution is -2.44. The largest absolute Gasteiger partial charge is 0.497 e. The lowest BCUT2D eigenvalue weighted by atomic mass is 10.1. The van der Waals surface area contributed by atoms with Crippen LogP contribution in [0.5, 0.6) is 5.75 Å². The number of amides is 1. The van der Waals surface area contributed by atoms with E-state index in [1.165, 1.54) is 4.31 Å². The highest BCUT2D eigenvalue weighted by Gasteiger charge is 2.42. The first-order chi connectivity index (χ1) is 18.8. The summed E-state index contributed by atoms with van der Waals surface area (Å²) in [5.74, 6) is 0.395. The van der Waals surface area contributed by atoms with Crippen LogP contribution in [0.4, 0.5) is 0 Å². The number of fused-ring (bicyclic) bond motifs is 1. The van der Waals surface area contributed by atoms with Crippen molar-refractivity contribution in [3.63, 3.8) is 0 Å². The third-order valence-corrected chi connectivity index (χ3v) is 8.94. The number of ether oxygens (including phenoxy) is 1. The predicted molar refractivity (Wildman–Crippen MR) is 149 cm³/mol. The summed E-state index contributed by atoms with van der Waals surface area (Å²) in [7, 11) is -2.48. The Hall–Kier alpha value is -4.19. The zero-order valence-electron chi connectivity index (χ0n) is 21.9. The van der Waals surface area contributed by atoms with E-state index in [9.17, 15) is 18.5 Å². The standard InChI is InChI=1S/C31H29N3O4S/c1-22-5-3-7-24(15-22)21-34(30-13-14-33(31(30)35)20-25-8-4-6-23(16-25)19-32)39(36,37)29-12-10-26-9-11-28(38-2)17-27(26)18-29/h3-12,15-18,30H,13-14,20-21H2,1-2H3/t30-/m0/s1. The van der Waals surface area contributed by atoms with Gasteiger partial charge in [-0.2, -0.15) is 9.57 Å². The molecule has 1 aliphatic heterocycles. The topological polar surface area (TPSA) is 90.7 Å². The van der Waals surface area contributed by atoms with Crippen LogP contribution in [0.1, 0.15) is 28.7 Å². The maximum absolute atomic E-state index is 14.2. The molecule has 1 saturated heterocycles. The SMILES string of the molecule is COc1ccc2ccc(S(=O)(=O)N(Cc3cccc(C)c3)[C@H]3CCN(Cc4cccc(C#N)c4)C3=O)cc2c1. The number of sulfonamides is 1. The third-order valence-electron chi connectivity index (χ3n) is 7.09. The van der Waals surface area contributed by atoms with Gasteiger partial charge in [0.1, 0.15) is 11.8 Å². The maximum Gasteiger partial charge on any atom is 0.244 e. The molecule has 4 aromatic carbocycles. The van der Waals surface area contributed by atoms with E-state index in [4.69, 9.17) is 4.74 Å². The second-order valence-corrected chi connectivity index (χ2v) is 11.7. The number of aryl methyl sites for hydroxylation is 1. The van der Waals surface area contributed by atoms with Crippen LogP contribution in [-0.2, 0) is 27.9 Å². The van der Waals surface area contributed by atoms with Crippen LogP contribution < -0.4 is 4.74 Å². The first-order valence-corrected chi connectivity index (χ1v) is 14.2. The summed E-state index contributed by atoms with van der Waals surface area (Å²) in [5.41, 5.74) is 3.18. The highest BCUT2D eigenvalue weighted by atomic mass is 32.2. The van der Waals surface area contributed by atoms with Gasteiger partial charge in [-0.05, 0) is 71.6 Å². The molecule has 0 unspecified atom stereocenters. The predicted octanol–water partition coefficient (Wildman–Crippen LogP) is 5.02. The summed E-state index contributed by atoms with van der Waals surface area (Å²) in [4.78, 5) is 15.5. The number of hydrogen-bond acceptors (Lipinski definition) is 5. The Morgan fingerprint density at radius 2 is 1.74 bits per heavy atom. The number of methoxy groups -OCH3 is 1. The zero-order chi connectivity index (χ0) is 27.6. The summed E-state index contributed by atoms with van der Waals surface area (Å²) >= 11 is 0. The summed E-state index contributed by atoms with van der Waals surface area (Å²) in [6.07, 6.45) is 0.378. The molecule has 5 rings (SSSR count). The molecule has 0 radical (unpaired) electrons. The highest BCUT2D eigenvalue weighted by molar-refractivity contribution is 7.89. The van der Waals surface area contributed by atoms with Gasteiger partial charge in [-0.3, -0.25) is 4.79 Å². The molecule has 1 atom stereocenters. The van der Waals surface area contributed by atoms with Crippen molar-refractivity contribution in [1.29, 1.82) is 5.26 Å². The van der Waals surface area contributed by atoms with Gasteiger partial charge in [0.2, 0.25) is 15.9 Å². The van der Waals surface area contributed by atoms with Crippen molar-refractivity contribution in [1.82, 2.24) is 9.21 Å². The Morgan fingerprint density at radius 3 is 2.51 bits per heavy atom. The van der Waals surface area contributed by atoms with E-state index >= 15 is 0 Å². The average molecular weight is 540 g/mol. The maximum atomic E-state index is 14.2. The first-order valence-electron chi connectivity index (χ1n) is 12.7. The van der Waals surface area contributed by atoms with Crippen LogP contribution in [0.3, 0.4) is 0 Å². The number of carbonyl (C=O) groups is 1. The van der Waals surface area contributed by atoms with Crippen molar-refractivity contribution in [3.05, 3.63) is 107 Å². The van der Waals surface area contributed by atoms with Gasteiger partial charge in [-0.1, -0.05) is 54.1 Å². The average Bonchev–Trinajstić information content (AvgIpc) is 3.30. The van der Waals surface area contributed by atoms with Gasteiger partial charge in [-0.15, -0.1) is 0 Å². The molecule has 0 spiro atoms. The Balaban J connectivity index is 1.50. The lowest BCUT2D eigenvalue weighted by Gasteiger charge is -2.28. The summed E-state index contributed by atoms with van der Waals surface area (Å²) in [6, 6.07) is 26.6. The molecule has 7 nitrogen and oxygen atoms in total. The molecule has 4 aromatic rings. The van der Waals surface area contributed by atoms with E-state index in [0.717, 1.165) is 27.5 Å². The summed E-state index contributed by atoms with van der Waals surface area (Å²) in [6.45, 7) is 2.78. The van der Waals surface area contributed by atoms with E-state index in [1.54, 1.807) is 54.5 Å². The van der Waals surface area contributed by atoms with Gasteiger partial charge in [-0.25, -0.2) is 8.42 Å². The minimum atomic E-state index is -4.04. The molecule has 8 heteroatoms. The molecule has 0 bridgehead atoms. The second-order valence-electron chi connectivity index (χ2n) is 9.79. The van der Waals surface area contributed by atoms with Crippen molar-refractivity contribution < 1.29 is 17.9 Å². The molecule has 1 fully saturated rings. The quantitative estimate of drug-likeness (QED) is 0.314. The fourth-order valence-corrected chi connectivity index (χ4v) is 6.72. The summed E-state index contributed by atoms with van der Waals surface area (Å²) < 4.78 is 35.1. The molecule has 0 aliphatic carbocycles. The molecule has 0 saturated carbocycles. The fourth-order valence-electron chi connectivity index (χ4n) is 5.09. The van der Waals surface area contributed by atoms with Gasteiger partial charge in [0.05, 0.1) is 23.6 Å². The minimum absolute atomic E-state index is 0.0777. The van der Waals surface area contributed by atoms with E-state index in [0.29, 0.717) is 30.8 Å². The van der Waals surface area contributed by atoms with Crippen molar-refractivity contribution >= 4 is 26.7 Å². The third kappa shape index (κ3) is 5.51.